The number of carbonyl (C=O) groups is 1. The van der Waals surface area contributed by atoms with E-state index in [9.17, 15) is 9.18 Å². The topological polar surface area (TPSA) is 25.2 Å². The van der Waals surface area contributed by atoms with Gasteiger partial charge >= 0.3 is 0 Å². The lowest BCUT2D eigenvalue weighted by Crippen LogP contribution is -2.29. The highest BCUT2D eigenvalue weighted by Gasteiger charge is 2.27. The van der Waals surface area contributed by atoms with Crippen LogP contribution >= 0.6 is 23.2 Å². The summed E-state index contributed by atoms with van der Waals surface area (Å²) >= 11 is 12.6. The number of fused-ring (bicyclic) bond motifs is 1. The van der Waals surface area contributed by atoms with Gasteiger partial charge in [0.15, 0.2) is 0 Å². The Bertz CT molecular complexity index is 1330. The number of likely N-dealkylation sites (tertiary alicyclic amines) is 1. The summed E-state index contributed by atoms with van der Waals surface area (Å²) < 4.78 is 15.6. The molecule has 174 valence electrons. The predicted molar refractivity (Wildman–Crippen MR) is 136 cm³/mol. The van der Waals surface area contributed by atoms with E-state index in [0.717, 1.165) is 53.5 Å². The minimum atomic E-state index is -0.248. The fourth-order valence-electron chi connectivity index (χ4n) is 4.88. The Labute approximate surface area is 208 Å². The van der Waals surface area contributed by atoms with Crippen LogP contribution in [-0.2, 0) is 11.3 Å². The van der Waals surface area contributed by atoms with Crippen LogP contribution in [0.2, 0.25) is 10.0 Å². The smallest absolute Gasteiger partial charge is 0.223 e. The molecule has 0 spiro atoms. The van der Waals surface area contributed by atoms with Crippen molar-refractivity contribution in [1.29, 1.82) is 0 Å². The van der Waals surface area contributed by atoms with Gasteiger partial charge in [0.25, 0.3) is 0 Å². The van der Waals surface area contributed by atoms with Crippen molar-refractivity contribution in [2.45, 2.75) is 31.7 Å². The molecule has 1 saturated heterocycles. The van der Waals surface area contributed by atoms with E-state index in [4.69, 9.17) is 23.2 Å². The average molecular weight is 495 g/mol. The molecule has 0 aliphatic carbocycles. The third-order valence-corrected chi connectivity index (χ3v) is 7.38. The van der Waals surface area contributed by atoms with Gasteiger partial charge in [-0.1, -0.05) is 59.6 Å². The Balaban J connectivity index is 1.58. The van der Waals surface area contributed by atoms with Crippen LogP contribution in [0.5, 0.6) is 0 Å². The number of amides is 1. The summed E-state index contributed by atoms with van der Waals surface area (Å²) in [5.41, 5.74) is 4.11. The zero-order valence-corrected chi connectivity index (χ0v) is 20.2. The summed E-state index contributed by atoms with van der Waals surface area (Å²) in [5, 5.41) is 2.07. The Morgan fingerprint density at radius 3 is 2.41 bits per heavy atom. The molecule has 1 aliphatic rings. The van der Waals surface area contributed by atoms with Gasteiger partial charge in [-0.15, -0.1) is 0 Å². The highest BCUT2D eigenvalue weighted by atomic mass is 35.5. The van der Waals surface area contributed by atoms with Gasteiger partial charge in [-0.3, -0.25) is 4.79 Å². The summed E-state index contributed by atoms with van der Waals surface area (Å²) in [6.07, 6.45) is 4.60. The van der Waals surface area contributed by atoms with Gasteiger partial charge in [-0.2, -0.15) is 0 Å². The first-order chi connectivity index (χ1) is 16.5. The molecule has 3 nitrogen and oxygen atoms in total. The number of benzene rings is 3. The van der Waals surface area contributed by atoms with E-state index in [-0.39, 0.29) is 17.6 Å². The molecular weight excluding hydrogens is 470 g/mol. The van der Waals surface area contributed by atoms with Gasteiger partial charge < -0.3 is 9.47 Å². The van der Waals surface area contributed by atoms with Gasteiger partial charge in [-0.25, -0.2) is 4.39 Å². The minimum Gasteiger partial charge on any atom is -0.343 e. The quantitative estimate of drug-likeness (QED) is 0.276. The molecule has 34 heavy (non-hydrogen) atoms. The molecule has 0 radical (unpaired) electrons. The van der Waals surface area contributed by atoms with Crippen molar-refractivity contribution in [3.05, 3.63) is 105 Å². The molecule has 1 amide bonds. The number of halogens is 3. The zero-order valence-electron chi connectivity index (χ0n) is 18.7. The summed E-state index contributed by atoms with van der Waals surface area (Å²) in [5.74, 6) is -0.256. The molecule has 0 unspecified atom stereocenters. The number of hydrogen-bond acceptors (Lipinski definition) is 1. The molecule has 6 heteroatoms. The highest BCUT2D eigenvalue weighted by molar-refractivity contribution is 6.42. The van der Waals surface area contributed by atoms with Crippen LogP contribution in [0.1, 0.15) is 41.9 Å². The molecular formula is C28H25Cl2FN2O. The molecule has 0 saturated carbocycles. The maximum absolute atomic E-state index is 13.4. The average Bonchev–Trinajstić information content (AvgIpc) is 3.50. The second kappa shape index (κ2) is 9.81. The van der Waals surface area contributed by atoms with E-state index in [1.165, 1.54) is 12.1 Å². The molecule has 0 bridgehead atoms. The van der Waals surface area contributed by atoms with Crippen molar-refractivity contribution >= 4 is 40.0 Å². The normalized spacial score (nSPS) is 14.6. The molecule has 1 fully saturated rings. The monoisotopic (exact) mass is 494 g/mol. The van der Waals surface area contributed by atoms with Crippen molar-refractivity contribution < 1.29 is 9.18 Å². The van der Waals surface area contributed by atoms with Crippen LogP contribution in [0.15, 0.2) is 72.9 Å². The van der Waals surface area contributed by atoms with Crippen LogP contribution in [0.4, 0.5) is 4.39 Å². The van der Waals surface area contributed by atoms with Gasteiger partial charge in [0.1, 0.15) is 5.82 Å². The highest BCUT2D eigenvalue weighted by Crippen LogP contribution is 2.38. The maximum atomic E-state index is 13.4. The number of aromatic nitrogens is 1. The fourth-order valence-corrected chi connectivity index (χ4v) is 5.18. The molecule has 3 aromatic carbocycles. The first-order valence-electron chi connectivity index (χ1n) is 11.5. The molecule has 2 heterocycles. The Kier molecular flexibility index (Phi) is 6.62. The summed E-state index contributed by atoms with van der Waals surface area (Å²) in [7, 11) is 0. The van der Waals surface area contributed by atoms with Gasteiger partial charge in [0.2, 0.25) is 5.91 Å². The zero-order chi connectivity index (χ0) is 23.7. The molecule has 4 aromatic rings. The van der Waals surface area contributed by atoms with E-state index >= 15 is 0 Å². The Morgan fingerprint density at radius 2 is 1.68 bits per heavy atom. The second-order valence-corrected chi connectivity index (χ2v) is 9.69. The second-order valence-electron chi connectivity index (χ2n) is 8.87. The number of carbonyl (C=O) groups excluding carboxylic acids is 1. The number of para-hydroxylation sites is 1. The molecule has 0 N–H and O–H groups in total. The number of hydrogen-bond donors (Lipinski definition) is 0. The van der Waals surface area contributed by atoms with Gasteiger partial charge in [0, 0.05) is 49.1 Å². The standard InChI is InChI=1S/C28H25Cl2FN2O/c29-25-12-9-20(15-26(25)30)23(16-28(34)32-13-3-4-14-32)24-18-33(27-6-2-1-5-22(24)27)17-19-7-10-21(31)11-8-19/h1-2,5-12,15,18,23H,3-4,13-14,16-17H2/t23-/m0/s1. The van der Waals surface area contributed by atoms with Crippen LogP contribution in [0, 0.1) is 5.82 Å². The summed E-state index contributed by atoms with van der Waals surface area (Å²) in [4.78, 5) is 15.2. The first-order valence-corrected chi connectivity index (χ1v) is 12.3. The van der Waals surface area contributed by atoms with E-state index < -0.39 is 0 Å². The number of rotatable bonds is 6. The first kappa shape index (κ1) is 22.9. The Hall–Kier alpha value is -2.82. The van der Waals surface area contributed by atoms with E-state index in [2.05, 4.69) is 22.9 Å². The summed E-state index contributed by atoms with van der Waals surface area (Å²) in [6, 6.07) is 20.4. The molecule has 1 aromatic heterocycles. The van der Waals surface area contributed by atoms with Crippen LogP contribution in [0.3, 0.4) is 0 Å². The Morgan fingerprint density at radius 1 is 0.941 bits per heavy atom. The van der Waals surface area contributed by atoms with Gasteiger partial charge in [-0.05, 0) is 59.9 Å². The third-order valence-electron chi connectivity index (χ3n) is 6.64. The molecule has 1 aliphatic heterocycles. The lowest BCUT2D eigenvalue weighted by atomic mass is 9.88. The van der Waals surface area contributed by atoms with Crippen molar-refractivity contribution in [3.8, 4) is 0 Å². The fraction of sp³-hybridized carbons (Fsp3) is 0.250. The van der Waals surface area contributed by atoms with E-state index in [1.807, 2.05) is 29.2 Å². The van der Waals surface area contributed by atoms with E-state index in [0.29, 0.717) is 23.0 Å². The predicted octanol–water partition coefficient (Wildman–Crippen LogP) is 7.28. The van der Waals surface area contributed by atoms with Crippen molar-refractivity contribution in [1.82, 2.24) is 9.47 Å². The van der Waals surface area contributed by atoms with Crippen molar-refractivity contribution in [2.75, 3.05) is 13.1 Å². The SMILES string of the molecule is O=C(C[C@@H](c1ccc(Cl)c(Cl)c1)c1cn(Cc2ccc(F)cc2)c2ccccc12)N1CCCC1. The lowest BCUT2D eigenvalue weighted by molar-refractivity contribution is -0.130. The van der Waals surface area contributed by atoms with E-state index in [1.54, 1.807) is 18.2 Å². The minimum absolute atomic E-state index is 0.156. The lowest BCUT2D eigenvalue weighted by Gasteiger charge is -2.22. The summed E-state index contributed by atoms with van der Waals surface area (Å²) in [6.45, 7) is 2.24. The maximum Gasteiger partial charge on any atom is 0.223 e. The number of nitrogens with zero attached hydrogens (tertiary/aromatic N) is 2. The largest absolute Gasteiger partial charge is 0.343 e. The van der Waals surface area contributed by atoms with Crippen LogP contribution in [-0.4, -0.2) is 28.5 Å². The molecule has 1 atom stereocenters. The van der Waals surface area contributed by atoms with Crippen LogP contribution in [0.25, 0.3) is 10.9 Å². The van der Waals surface area contributed by atoms with Crippen molar-refractivity contribution in [3.63, 3.8) is 0 Å². The van der Waals surface area contributed by atoms with Gasteiger partial charge in [0.05, 0.1) is 10.0 Å². The third kappa shape index (κ3) is 4.70. The van der Waals surface area contributed by atoms with Crippen LogP contribution < -0.4 is 0 Å². The van der Waals surface area contributed by atoms with Crippen molar-refractivity contribution in [2.24, 2.45) is 0 Å². The molecule has 5 rings (SSSR count).